The second-order valence-electron chi connectivity index (χ2n) is 7.10. The highest BCUT2D eigenvalue weighted by atomic mass is 16.5. The van der Waals surface area contributed by atoms with Crippen LogP contribution < -0.4 is 0 Å². The van der Waals surface area contributed by atoms with E-state index < -0.39 is 0 Å². The highest BCUT2D eigenvalue weighted by molar-refractivity contribution is 5.34. The number of benzene rings is 1. The molecule has 128 valence electrons. The van der Waals surface area contributed by atoms with E-state index in [1.54, 1.807) is 6.07 Å². The first-order chi connectivity index (χ1) is 11.3. The van der Waals surface area contributed by atoms with Crippen LogP contribution in [0.4, 0.5) is 0 Å². The number of aromatic hydroxyl groups is 1. The maximum absolute atomic E-state index is 9.80. The molecule has 0 heterocycles. The van der Waals surface area contributed by atoms with Crippen LogP contribution in [0.5, 0.6) is 5.75 Å². The number of rotatable bonds is 6. The van der Waals surface area contributed by atoms with Crippen LogP contribution in [0.25, 0.3) is 0 Å². The van der Waals surface area contributed by atoms with Gasteiger partial charge in [-0.1, -0.05) is 44.6 Å². The second kappa shape index (κ2) is 8.70. The third kappa shape index (κ3) is 5.22. The highest BCUT2D eigenvalue weighted by Gasteiger charge is 2.17. The van der Waals surface area contributed by atoms with Gasteiger partial charge in [-0.25, -0.2) is 0 Å². The van der Waals surface area contributed by atoms with Crippen LogP contribution in [0.1, 0.15) is 75.3 Å². The first kappa shape index (κ1) is 16.8. The largest absolute Gasteiger partial charge is 0.508 e. The van der Waals surface area contributed by atoms with Gasteiger partial charge in [-0.15, -0.1) is 0 Å². The van der Waals surface area contributed by atoms with Crippen LogP contribution in [0.3, 0.4) is 0 Å². The lowest BCUT2D eigenvalue weighted by Gasteiger charge is -2.24. The lowest BCUT2D eigenvalue weighted by atomic mass is 9.97. The minimum absolute atomic E-state index is 0.314. The summed E-state index contributed by atoms with van der Waals surface area (Å²) in [6, 6.07) is 5.57. The molecular formula is C20H30O3. The van der Waals surface area contributed by atoms with E-state index >= 15 is 0 Å². The topological polar surface area (TPSA) is 38.7 Å². The standard InChI is InChI=1S/C20H30O3/c21-18-12-11-16(14-22-19-7-3-1-4-8-19)17(13-18)15-23-20-9-5-2-6-10-20/h11-13,19-21H,1-10,14-15H2. The zero-order valence-electron chi connectivity index (χ0n) is 14.1. The van der Waals surface area contributed by atoms with Gasteiger partial charge in [0.05, 0.1) is 25.4 Å². The Labute approximate surface area is 140 Å². The van der Waals surface area contributed by atoms with Crippen LogP contribution in [-0.2, 0) is 22.7 Å². The molecule has 2 aliphatic rings. The Kier molecular flexibility index (Phi) is 6.35. The quantitative estimate of drug-likeness (QED) is 0.794. The molecule has 2 aliphatic carbocycles. The molecule has 0 unspecified atom stereocenters. The number of phenolic OH excluding ortho intramolecular Hbond substituents is 1. The van der Waals surface area contributed by atoms with Crippen LogP contribution in [0.2, 0.25) is 0 Å². The smallest absolute Gasteiger partial charge is 0.115 e. The molecule has 2 saturated carbocycles. The number of ether oxygens (including phenoxy) is 2. The SMILES string of the molecule is Oc1ccc(COC2CCCCC2)c(COC2CCCCC2)c1. The van der Waals surface area contributed by atoms with Crippen molar-refractivity contribution in [1.82, 2.24) is 0 Å². The number of phenols is 1. The van der Waals surface area contributed by atoms with Crippen LogP contribution in [0.15, 0.2) is 18.2 Å². The zero-order chi connectivity index (χ0) is 15.9. The average Bonchev–Trinajstić information content (AvgIpc) is 2.61. The molecule has 23 heavy (non-hydrogen) atoms. The van der Waals surface area contributed by atoms with Crippen LogP contribution >= 0.6 is 0 Å². The summed E-state index contributed by atoms with van der Waals surface area (Å²) in [5.74, 6) is 0.314. The molecule has 1 aromatic rings. The number of hydrogen-bond donors (Lipinski definition) is 1. The Balaban J connectivity index is 1.55. The summed E-state index contributed by atoms with van der Waals surface area (Å²) in [6.07, 6.45) is 13.3. The molecule has 1 aromatic carbocycles. The van der Waals surface area contributed by atoms with Gasteiger partial charge in [0, 0.05) is 0 Å². The molecule has 0 aliphatic heterocycles. The van der Waals surface area contributed by atoms with E-state index in [1.807, 2.05) is 12.1 Å². The van der Waals surface area contributed by atoms with Crippen molar-refractivity contribution in [3.8, 4) is 5.75 Å². The fourth-order valence-corrected chi connectivity index (χ4v) is 3.77. The van der Waals surface area contributed by atoms with Crippen LogP contribution in [0, 0.1) is 0 Å². The normalized spacial score (nSPS) is 20.7. The second-order valence-corrected chi connectivity index (χ2v) is 7.10. The molecule has 2 fully saturated rings. The van der Waals surface area contributed by atoms with Crippen LogP contribution in [-0.4, -0.2) is 17.3 Å². The Hall–Kier alpha value is -1.06. The maximum Gasteiger partial charge on any atom is 0.115 e. The first-order valence-corrected chi connectivity index (χ1v) is 9.35. The van der Waals surface area contributed by atoms with Gasteiger partial charge >= 0.3 is 0 Å². The summed E-state index contributed by atoms with van der Waals surface area (Å²) in [7, 11) is 0. The predicted octanol–water partition coefficient (Wildman–Crippen LogP) is 5.09. The zero-order valence-corrected chi connectivity index (χ0v) is 14.1. The third-order valence-electron chi connectivity index (χ3n) is 5.24. The molecule has 0 amide bonds. The molecular weight excluding hydrogens is 288 g/mol. The van der Waals surface area contributed by atoms with Gasteiger partial charge < -0.3 is 14.6 Å². The summed E-state index contributed by atoms with van der Waals surface area (Å²) in [5, 5.41) is 9.80. The summed E-state index contributed by atoms with van der Waals surface area (Å²) < 4.78 is 12.2. The Morgan fingerprint density at radius 2 is 1.26 bits per heavy atom. The Bertz CT molecular complexity index is 474. The van der Waals surface area contributed by atoms with E-state index in [2.05, 4.69) is 0 Å². The van der Waals surface area contributed by atoms with E-state index in [9.17, 15) is 5.11 Å². The minimum Gasteiger partial charge on any atom is -0.508 e. The lowest BCUT2D eigenvalue weighted by Crippen LogP contribution is -2.18. The average molecular weight is 318 g/mol. The van der Waals surface area contributed by atoms with E-state index in [0.29, 0.717) is 31.2 Å². The van der Waals surface area contributed by atoms with Crippen molar-refractivity contribution >= 4 is 0 Å². The van der Waals surface area contributed by atoms with Gasteiger partial charge in [-0.3, -0.25) is 0 Å². The summed E-state index contributed by atoms with van der Waals surface area (Å²) in [6.45, 7) is 1.22. The molecule has 0 spiro atoms. The molecule has 0 saturated heterocycles. The van der Waals surface area contributed by atoms with Gasteiger partial charge in [0.25, 0.3) is 0 Å². The van der Waals surface area contributed by atoms with Crippen molar-refractivity contribution in [1.29, 1.82) is 0 Å². The molecule has 3 rings (SSSR count). The lowest BCUT2D eigenvalue weighted by molar-refractivity contribution is 0.00731. The van der Waals surface area contributed by atoms with Crippen molar-refractivity contribution in [2.45, 2.75) is 89.6 Å². The van der Waals surface area contributed by atoms with Crippen molar-refractivity contribution in [3.05, 3.63) is 29.3 Å². The van der Waals surface area contributed by atoms with Crippen molar-refractivity contribution in [2.24, 2.45) is 0 Å². The predicted molar refractivity (Wildman–Crippen MR) is 91.4 cm³/mol. The fourth-order valence-electron chi connectivity index (χ4n) is 3.77. The van der Waals surface area contributed by atoms with E-state index in [1.165, 1.54) is 64.2 Å². The monoisotopic (exact) mass is 318 g/mol. The van der Waals surface area contributed by atoms with Gasteiger partial charge in [-0.05, 0) is 48.9 Å². The molecule has 0 radical (unpaired) electrons. The van der Waals surface area contributed by atoms with Gasteiger partial charge in [0.1, 0.15) is 5.75 Å². The van der Waals surface area contributed by atoms with Crippen molar-refractivity contribution in [3.63, 3.8) is 0 Å². The van der Waals surface area contributed by atoms with Gasteiger partial charge in [-0.2, -0.15) is 0 Å². The van der Waals surface area contributed by atoms with E-state index in [4.69, 9.17) is 9.47 Å². The molecule has 0 aromatic heterocycles. The number of hydrogen-bond acceptors (Lipinski definition) is 3. The molecule has 0 atom stereocenters. The van der Waals surface area contributed by atoms with Crippen molar-refractivity contribution < 1.29 is 14.6 Å². The van der Waals surface area contributed by atoms with Gasteiger partial charge in [0.15, 0.2) is 0 Å². The van der Waals surface area contributed by atoms with Gasteiger partial charge in [0.2, 0.25) is 0 Å². The summed E-state index contributed by atoms with van der Waals surface area (Å²) in [4.78, 5) is 0. The maximum atomic E-state index is 9.80. The molecule has 1 N–H and O–H groups in total. The van der Waals surface area contributed by atoms with E-state index in [0.717, 1.165) is 11.1 Å². The molecule has 0 bridgehead atoms. The minimum atomic E-state index is 0.314. The molecule has 3 heteroatoms. The molecule has 3 nitrogen and oxygen atoms in total. The third-order valence-corrected chi connectivity index (χ3v) is 5.24. The Morgan fingerprint density at radius 1 is 0.739 bits per heavy atom. The first-order valence-electron chi connectivity index (χ1n) is 9.35. The summed E-state index contributed by atoms with van der Waals surface area (Å²) >= 11 is 0. The Morgan fingerprint density at radius 3 is 1.83 bits per heavy atom. The highest BCUT2D eigenvalue weighted by Crippen LogP contribution is 2.26. The van der Waals surface area contributed by atoms with Crippen molar-refractivity contribution in [2.75, 3.05) is 0 Å². The van der Waals surface area contributed by atoms with E-state index in [-0.39, 0.29) is 0 Å². The summed E-state index contributed by atoms with van der Waals surface area (Å²) in [5.41, 5.74) is 2.23. The fraction of sp³-hybridized carbons (Fsp3) is 0.700.